The summed E-state index contributed by atoms with van der Waals surface area (Å²) in [4.78, 5) is 24.4. The van der Waals surface area contributed by atoms with E-state index in [0.717, 1.165) is 0 Å². The van der Waals surface area contributed by atoms with Crippen LogP contribution in [0.25, 0.3) is 0 Å². The molecule has 0 unspecified atom stereocenters. The van der Waals surface area contributed by atoms with Crippen LogP contribution in [0.2, 0.25) is 0 Å². The number of piperidine rings is 1. The van der Waals surface area contributed by atoms with Crippen LogP contribution in [-0.2, 0) is 9.59 Å². The third-order valence-corrected chi connectivity index (χ3v) is 2.61. The van der Waals surface area contributed by atoms with Gasteiger partial charge in [0.1, 0.15) is 0 Å². The SMILES string of the molecule is CC(C)(CCO)N1C(=O)CCCC1=O. The Morgan fingerprint density at radius 2 is 1.79 bits per heavy atom. The summed E-state index contributed by atoms with van der Waals surface area (Å²) in [6.07, 6.45) is 1.98. The minimum absolute atomic E-state index is 0.00986. The summed E-state index contributed by atoms with van der Waals surface area (Å²) in [6, 6.07) is 0. The van der Waals surface area contributed by atoms with Crippen molar-refractivity contribution in [3.63, 3.8) is 0 Å². The van der Waals surface area contributed by atoms with Gasteiger partial charge in [-0.25, -0.2) is 0 Å². The van der Waals surface area contributed by atoms with E-state index in [1.165, 1.54) is 4.90 Å². The summed E-state index contributed by atoms with van der Waals surface area (Å²) in [6.45, 7) is 3.61. The number of likely N-dealkylation sites (tertiary alicyclic amines) is 1. The molecule has 1 fully saturated rings. The molecule has 0 saturated carbocycles. The van der Waals surface area contributed by atoms with E-state index in [-0.39, 0.29) is 18.4 Å². The smallest absolute Gasteiger partial charge is 0.229 e. The van der Waals surface area contributed by atoms with Crippen molar-refractivity contribution < 1.29 is 14.7 Å². The molecule has 4 heteroatoms. The molecule has 1 saturated heterocycles. The lowest BCUT2D eigenvalue weighted by Crippen LogP contribution is -2.53. The number of carbonyl (C=O) groups excluding carboxylic acids is 2. The number of carbonyl (C=O) groups is 2. The predicted molar refractivity (Wildman–Crippen MR) is 51.5 cm³/mol. The molecule has 14 heavy (non-hydrogen) atoms. The maximum Gasteiger partial charge on any atom is 0.229 e. The Hall–Kier alpha value is -0.900. The van der Waals surface area contributed by atoms with E-state index in [0.29, 0.717) is 25.7 Å². The van der Waals surface area contributed by atoms with Gasteiger partial charge in [-0.2, -0.15) is 0 Å². The zero-order valence-corrected chi connectivity index (χ0v) is 8.75. The predicted octanol–water partition coefficient (Wildman–Crippen LogP) is 0.687. The molecule has 1 aliphatic rings. The number of aliphatic hydroxyl groups excluding tert-OH is 1. The van der Waals surface area contributed by atoms with Crippen molar-refractivity contribution in [1.29, 1.82) is 0 Å². The van der Waals surface area contributed by atoms with Gasteiger partial charge >= 0.3 is 0 Å². The monoisotopic (exact) mass is 199 g/mol. The molecule has 0 aromatic heterocycles. The molecule has 4 nitrogen and oxygen atoms in total. The number of aliphatic hydroxyl groups is 1. The first kappa shape index (κ1) is 11.2. The van der Waals surface area contributed by atoms with Gasteiger partial charge in [-0.3, -0.25) is 14.5 Å². The number of imide groups is 1. The highest BCUT2D eigenvalue weighted by molar-refractivity contribution is 5.98. The minimum atomic E-state index is -0.552. The number of hydrogen-bond donors (Lipinski definition) is 1. The summed E-state index contributed by atoms with van der Waals surface area (Å²) in [5, 5.41) is 8.86. The zero-order valence-electron chi connectivity index (χ0n) is 8.75. The molecule has 80 valence electrons. The van der Waals surface area contributed by atoms with E-state index in [9.17, 15) is 9.59 Å². The van der Waals surface area contributed by atoms with Gasteiger partial charge in [0.15, 0.2) is 0 Å². The molecule has 1 rings (SSSR count). The van der Waals surface area contributed by atoms with Crippen molar-refractivity contribution in [2.24, 2.45) is 0 Å². The summed E-state index contributed by atoms with van der Waals surface area (Å²) >= 11 is 0. The van der Waals surface area contributed by atoms with Crippen LogP contribution in [0.15, 0.2) is 0 Å². The normalized spacial score (nSPS) is 18.9. The quantitative estimate of drug-likeness (QED) is 0.680. The van der Waals surface area contributed by atoms with Crippen molar-refractivity contribution in [3.05, 3.63) is 0 Å². The summed E-state index contributed by atoms with van der Waals surface area (Å²) in [5.74, 6) is -0.223. The van der Waals surface area contributed by atoms with Gasteiger partial charge in [0.05, 0.1) is 0 Å². The summed E-state index contributed by atoms with van der Waals surface area (Å²) < 4.78 is 0. The first-order valence-corrected chi connectivity index (χ1v) is 4.96. The second kappa shape index (κ2) is 4.09. The number of nitrogens with zero attached hydrogens (tertiary/aromatic N) is 1. The minimum Gasteiger partial charge on any atom is -0.396 e. The van der Waals surface area contributed by atoms with E-state index >= 15 is 0 Å². The van der Waals surface area contributed by atoms with E-state index in [4.69, 9.17) is 5.11 Å². The highest BCUT2D eigenvalue weighted by Gasteiger charge is 2.37. The Kier molecular flexibility index (Phi) is 3.26. The third kappa shape index (κ3) is 2.12. The van der Waals surface area contributed by atoms with Crippen molar-refractivity contribution in [2.45, 2.75) is 45.1 Å². The molecule has 0 bridgehead atoms. The first-order valence-electron chi connectivity index (χ1n) is 4.96. The van der Waals surface area contributed by atoms with Crippen LogP contribution in [0.3, 0.4) is 0 Å². The second-order valence-corrected chi connectivity index (χ2v) is 4.26. The van der Waals surface area contributed by atoms with E-state index in [2.05, 4.69) is 0 Å². The average molecular weight is 199 g/mol. The molecule has 1 N–H and O–H groups in total. The molecule has 0 aromatic carbocycles. The van der Waals surface area contributed by atoms with Crippen molar-refractivity contribution in [2.75, 3.05) is 6.61 Å². The Bertz CT molecular complexity index is 232. The largest absolute Gasteiger partial charge is 0.396 e. The lowest BCUT2D eigenvalue weighted by Gasteiger charge is -2.38. The van der Waals surface area contributed by atoms with E-state index < -0.39 is 5.54 Å². The van der Waals surface area contributed by atoms with Crippen LogP contribution in [0.5, 0.6) is 0 Å². The van der Waals surface area contributed by atoms with Crippen molar-refractivity contribution in [3.8, 4) is 0 Å². The number of amides is 2. The van der Waals surface area contributed by atoms with Crippen LogP contribution in [0, 0.1) is 0 Å². The van der Waals surface area contributed by atoms with Gasteiger partial charge in [-0.15, -0.1) is 0 Å². The van der Waals surface area contributed by atoms with Crippen LogP contribution in [0.4, 0.5) is 0 Å². The van der Waals surface area contributed by atoms with Gasteiger partial charge < -0.3 is 5.11 Å². The molecule has 0 aliphatic carbocycles. The zero-order chi connectivity index (χ0) is 10.8. The molecule has 0 radical (unpaired) electrons. The fourth-order valence-electron chi connectivity index (χ4n) is 1.81. The van der Waals surface area contributed by atoms with Crippen LogP contribution in [0.1, 0.15) is 39.5 Å². The molecule has 0 aromatic rings. The maximum absolute atomic E-state index is 11.5. The fraction of sp³-hybridized carbons (Fsp3) is 0.800. The fourth-order valence-corrected chi connectivity index (χ4v) is 1.81. The molecular formula is C10H17NO3. The standard InChI is InChI=1S/C10H17NO3/c1-10(2,6-7-12)11-8(13)4-3-5-9(11)14/h12H,3-7H2,1-2H3. The Morgan fingerprint density at radius 3 is 2.21 bits per heavy atom. The van der Waals surface area contributed by atoms with Gasteiger partial charge in [0, 0.05) is 25.0 Å². The van der Waals surface area contributed by atoms with Crippen molar-refractivity contribution >= 4 is 11.8 Å². The first-order chi connectivity index (χ1) is 6.49. The van der Waals surface area contributed by atoms with Gasteiger partial charge in [0.2, 0.25) is 11.8 Å². The number of hydrogen-bond acceptors (Lipinski definition) is 3. The lowest BCUT2D eigenvalue weighted by molar-refractivity contribution is -0.155. The second-order valence-electron chi connectivity index (χ2n) is 4.26. The Labute approximate surface area is 83.9 Å². The Balaban J connectivity index is 2.81. The summed E-state index contributed by atoms with van der Waals surface area (Å²) in [5.41, 5.74) is -0.552. The van der Waals surface area contributed by atoms with Crippen LogP contribution in [-0.4, -0.2) is 34.0 Å². The molecule has 1 aliphatic heterocycles. The third-order valence-electron chi connectivity index (χ3n) is 2.61. The molecule has 0 spiro atoms. The van der Waals surface area contributed by atoms with Crippen LogP contribution < -0.4 is 0 Å². The van der Waals surface area contributed by atoms with Gasteiger partial charge in [-0.1, -0.05) is 0 Å². The van der Waals surface area contributed by atoms with Gasteiger partial charge in [-0.05, 0) is 26.7 Å². The molecule has 2 amide bonds. The molecular weight excluding hydrogens is 182 g/mol. The van der Waals surface area contributed by atoms with E-state index in [1.54, 1.807) is 0 Å². The highest BCUT2D eigenvalue weighted by Crippen LogP contribution is 2.25. The maximum atomic E-state index is 11.5. The highest BCUT2D eigenvalue weighted by atomic mass is 16.3. The van der Waals surface area contributed by atoms with Crippen molar-refractivity contribution in [1.82, 2.24) is 4.90 Å². The summed E-state index contributed by atoms with van der Waals surface area (Å²) in [7, 11) is 0. The molecule has 1 heterocycles. The van der Waals surface area contributed by atoms with Crippen LogP contribution >= 0.6 is 0 Å². The van der Waals surface area contributed by atoms with Gasteiger partial charge in [0.25, 0.3) is 0 Å². The topological polar surface area (TPSA) is 57.6 Å². The Morgan fingerprint density at radius 1 is 1.29 bits per heavy atom. The lowest BCUT2D eigenvalue weighted by atomic mass is 9.94. The molecule has 0 atom stereocenters. The average Bonchev–Trinajstić information content (AvgIpc) is 2.02. The van der Waals surface area contributed by atoms with E-state index in [1.807, 2.05) is 13.8 Å². The number of rotatable bonds is 3.